The average Bonchev–Trinajstić information content (AvgIpc) is 2.46. The van der Waals surface area contributed by atoms with Gasteiger partial charge in [-0.05, 0) is 25.0 Å². The van der Waals surface area contributed by atoms with Crippen molar-refractivity contribution in [2.24, 2.45) is 5.84 Å². The van der Waals surface area contributed by atoms with Gasteiger partial charge in [0.25, 0.3) is 0 Å². The Morgan fingerprint density at radius 1 is 1.37 bits per heavy atom. The zero-order valence-electron chi connectivity index (χ0n) is 11.5. The van der Waals surface area contributed by atoms with Crippen LogP contribution < -0.4 is 16.6 Å². The molecule has 6 heteroatoms. The second-order valence-electron chi connectivity index (χ2n) is 4.82. The monoisotopic (exact) mass is 281 g/mol. The molecule has 2 heterocycles. The molecule has 0 bridgehead atoms. The highest BCUT2D eigenvalue weighted by Gasteiger charge is 2.14. The van der Waals surface area contributed by atoms with Crippen LogP contribution in [0.2, 0.25) is 0 Å². The molecule has 1 fully saturated rings. The number of thioether (sulfide) groups is 1. The largest absolute Gasteiger partial charge is 0.369 e. The number of hydrazine groups is 1. The topological polar surface area (TPSA) is 75.9 Å². The van der Waals surface area contributed by atoms with Gasteiger partial charge in [0.1, 0.15) is 17.5 Å². The summed E-state index contributed by atoms with van der Waals surface area (Å²) in [4.78, 5) is 8.87. The molecule has 2 rings (SSSR count). The minimum absolute atomic E-state index is 0.678. The maximum Gasteiger partial charge on any atom is 0.145 e. The van der Waals surface area contributed by atoms with E-state index in [9.17, 15) is 0 Å². The Bertz CT molecular complexity index is 393. The van der Waals surface area contributed by atoms with Gasteiger partial charge in [-0.25, -0.2) is 15.8 Å². The lowest BCUT2D eigenvalue weighted by Crippen LogP contribution is -2.21. The molecule has 1 aliphatic rings. The Kier molecular flexibility index (Phi) is 5.72. The number of aromatic nitrogens is 2. The van der Waals surface area contributed by atoms with Crippen molar-refractivity contribution in [1.82, 2.24) is 9.97 Å². The number of nitrogens with one attached hydrogen (secondary N) is 2. The van der Waals surface area contributed by atoms with E-state index in [1.54, 1.807) is 0 Å². The maximum atomic E-state index is 5.45. The van der Waals surface area contributed by atoms with E-state index in [0.29, 0.717) is 11.1 Å². The maximum absolute atomic E-state index is 5.45. The summed E-state index contributed by atoms with van der Waals surface area (Å²) >= 11 is 2.06. The van der Waals surface area contributed by atoms with Gasteiger partial charge in [0.15, 0.2) is 0 Å². The van der Waals surface area contributed by atoms with Gasteiger partial charge in [0.2, 0.25) is 0 Å². The van der Waals surface area contributed by atoms with Crippen LogP contribution in [0.5, 0.6) is 0 Å². The van der Waals surface area contributed by atoms with Crippen LogP contribution in [0.1, 0.15) is 38.4 Å². The van der Waals surface area contributed by atoms with E-state index in [4.69, 9.17) is 5.84 Å². The summed E-state index contributed by atoms with van der Waals surface area (Å²) in [7, 11) is 0. The van der Waals surface area contributed by atoms with Gasteiger partial charge in [-0.3, -0.25) is 0 Å². The molecule has 1 aromatic rings. The third kappa shape index (κ3) is 4.54. The Hall–Kier alpha value is -1.01. The normalized spacial score (nSPS) is 19.2. The van der Waals surface area contributed by atoms with Crippen LogP contribution in [0, 0.1) is 0 Å². The van der Waals surface area contributed by atoms with E-state index in [0.717, 1.165) is 31.0 Å². The Labute approximate surface area is 119 Å². The second-order valence-corrected chi connectivity index (χ2v) is 6.23. The van der Waals surface area contributed by atoms with Gasteiger partial charge in [-0.2, -0.15) is 11.8 Å². The molecule has 106 valence electrons. The van der Waals surface area contributed by atoms with Gasteiger partial charge in [-0.1, -0.05) is 13.3 Å². The number of aryl methyl sites for hydroxylation is 1. The van der Waals surface area contributed by atoms with Gasteiger partial charge < -0.3 is 10.7 Å². The molecular formula is C13H23N5S. The molecule has 0 aliphatic carbocycles. The van der Waals surface area contributed by atoms with Gasteiger partial charge >= 0.3 is 0 Å². The third-order valence-electron chi connectivity index (χ3n) is 3.18. The van der Waals surface area contributed by atoms with Crippen LogP contribution in [0.15, 0.2) is 6.07 Å². The highest BCUT2D eigenvalue weighted by Crippen LogP contribution is 2.25. The first kappa shape index (κ1) is 14.4. The molecule has 1 unspecified atom stereocenters. The molecule has 1 atom stereocenters. The number of hydrogen-bond acceptors (Lipinski definition) is 6. The fourth-order valence-electron chi connectivity index (χ4n) is 2.18. The van der Waals surface area contributed by atoms with Crippen LogP contribution in [-0.2, 0) is 6.42 Å². The van der Waals surface area contributed by atoms with Crippen molar-refractivity contribution in [2.45, 2.75) is 44.3 Å². The fourth-order valence-corrected chi connectivity index (χ4v) is 3.42. The van der Waals surface area contributed by atoms with E-state index < -0.39 is 0 Å². The quantitative estimate of drug-likeness (QED) is 0.549. The van der Waals surface area contributed by atoms with E-state index in [2.05, 4.69) is 39.4 Å². The summed E-state index contributed by atoms with van der Waals surface area (Å²) in [5, 5.41) is 4.12. The summed E-state index contributed by atoms with van der Waals surface area (Å²) in [6, 6.07) is 1.87. The molecule has 1 aliphatic heterocycles. The van der Waals surface area contributed by atoms with E-state index >= 15 is 0 Å². The lowest BCUT2D eigenvalue weighted by atomic mass is 10.2. The SMILES string of the molecule is CCCc1nc(NN)cc(NCC2CCCCS2)n1. The molecule has 0 saturated carbocycles. The van der Waals surface area contributed by atoms with E-state index in [1.807, 2.05) is 6.07 Å². The zero-order chi connectivity index (χ0) is 13.5. The predicted octanol–water partition coefficient (Wildman–Crippen LogP) is 2.41. The van der Waals surface area contributed by atoms with Crippen molar-refractivity contribution < 1.29 is 0 Å². The molecule has 0 amide bonds. The lowest BCUT2D eigenvalue weighted by molar-refractivity contribution is 0.676. The molecule has 5 nitrogen and oxygen atoms in total. The first-order chi connectivity index (χ1) is 9.31. The average molecular weight is 281 g/mol. The number of rotatable bonds is 6. The molecule has 0 radical (unpaired) electrons. The number of anilines is 2. The molecular weight excluding hydrogens is 258 g/mol. The minimum Gasteiger partial charge on any atom is -0.369 e. The number of nitrogen functional groups attached to an aromatic ring is 1. The first-order valence-electron chi connectivity index (χ1n) is 7.02. The van der Waals surface area contributed by atoms with Crippen molar-refractivity contribution in [3.63, 3.8) is 0 Å². The van der Waals surface area contributed by atoms with Crippen molar-refractivity contribution >= 4 is 23.4 Å². The number of nitrogens with two attached hydrogens (primary N) is 1. The molecule has 1 aromatic heterocycles. The summed E-state index contributed by atoms with van der Waals surface area (Å²) in [5.41, 5.74) is 2.61. The summed E-state index contributed by atoms with van der Waals surface area (Å²) in [6.07, 6.45) is 5.91. The third-order valence-corrected chi connectivity index (χ3v) is 4.58. The smallest absolute Gasteiger partial charge is 0.145 e. The molecule has 4 N–H and O–H groups in total. The van der Waals surface area contributed by atoms with Crippen molar-refractivity contribution in [3.8, 4) is 0 Å². The van der Waals surface area contributed by atoms with Crippen LogP contribution in [0.3, 0.4) is 0 Å². The highest BCUT2D eigenvalue weighted by atomic mass is 32.2. The fraction of sp³-hybridized carbons (Fsp3) is 0.692. The van der Waals surface area contributed by atoms with Crippen molar-refractivity contribution in [1.29, 1.82) is 0 Å². The van der Waals surface area contributed by atoms with Crippen molar-refractivity contribution in [2.75, 3.05) is 23.0 Å². The van der Waals surface area contributed by atoms with E-state index in [-0.39, 0.29) is 0 Å². The Balaban J connectivity index is 1.95. The molecule has 0 aromatic carbocycles. The lowest BCUT2D eigenvalue weighted by Gasteiger charge is -2.21. The van der Waals surface area contributed by atoms with Crippen LogP contribution >= 0.6 is 11.8 Å². The molecule has 0 spiro atoms. The summed E-state index contributed by atoms with van der Waals surface area (Å²) in [6.45, 7) is 3.09. The van der Waals surface area contributed by atoms with Crippen molar-refractivity contribution in [3.05, 3.63) is 11.9 Å². The zero-order valence-corrected chi connectivity index (χ0v) is 12.3. The van der Waals surface area contributed by atoms with Gasteiger partial charge in [-0.15, -0.1) is 0 Å². The standard InChI is InChI=1S/C13H23N5S/c1-2-5-11-16-12(8-13(17-11)18-14)15-9-10-6-3-4-7-19-10/h8,10H,2-7,9,14H2,1H3,(H2,15,16,17,18). The first-order valence-corrected chi connectivity index (χ1v) is 8.06. The van der Waals surface area contributed by atoms with Crippen LogP contribution in [0.25, 0.3) is 0 Å². The number of hydrogen-bond donors (Lipinski definition) is 3. The number of nitrogens with zero attached hydrogens (tertiary/aromatic N) is 2. The Morgan fingerprint density at radius 2 is 2.21 bits per heavy atom. The van der Waals surface area contributed by atoms with Gasteiger partial charge in [0, 0.05) is 24.3 Å². The van der Waals surface area contributed by atoms with E-state index in [1.165, 1.54) is 25.0 Å². The molecule has 19 heavy (non-hydrogen) atoms. The van der Waals surface area contributed by atoms with Gasteiger partial charge in [0.05, 0.1) is 0 Å². The predicted molar refractivity (Wildman–Crippen MR) is 82.4 cm³/mol. The van der Waals surface area contributed by atoms with Crippen LogP contribution in [-0.4, -0.2) is 27.5 Å². The van der Waals surface area contributed by atoms with Crippen LogP contribution in [0.4, 0.5) is 11.6 Å². The Morgan fingerprint density at radius 3 is 2.89 bits per heavy atom. The molecule has 1 saturated heterocycles. The highest BCUT2D eigenvalue weighted by molar-refractivity contribution is 7.99. The minimum atomic E-state index is 0.678. The summed E-state index contributed by atoms with van der Waals surface area (Å²) in [5.74, 6) is 9.13. The summed E-state index contributed by atoms with van der Waals surface area (Å²) < 4.78 is 0. The second kappa shape index (κ2) is 7.55.